The van der Waals surface area contributed by atoms with Gasteiger partial charge in [-0.15, -0.1) is 6.58 Å². The number of rotatable bonds is 9. The van der Waals surface area contributed by atoms with E-state index < -0.39 is 0 Å². The quantitative estimate of drug-likeness (QED) is 0.378. The molecule has 0 rings (SSSR count). The van der Waals surface area contributed by atoms with Crippen LogP contribution in [0.2, 0.25) is 0 Å². The Morgan fingerprint density at radius 2 is 1.40 bits per heavy atom. The molecule has 3 unspecified atom stereocenters. The van der Waals surface area contributed by atoms with E-state index in [-0.39, 0.29) is 0 Å². The van der Waals surface area contributed by atoms with E-state index in [4.69, 9.17) is 0 Å². The molecular weight excluding hydrogens is 240 g/mol. The van der Waals surface area contributed by atoms with Crippen molar-refractivity contribution in [3.05, 3.63) is 12.7 Å². The van der Waals surface area contributed by atoms with Crippen LogP contribution < -0.4 is 0 Å². The Morgan fingerprint density at radius 3 is 1.75 bits per heavy atom. The van der Waals surface area contributed by atoms with Crippen LogP contribution in [-0.2, 0) is 0 Å². The maximum absolute atomic E-state index is 3.36. The first-order chi connectivity index (χ1) is 9.56. The van der Waals surface area contributed by atoms with Gasteiger partial charge in [-0.2, -0.15) is 0 Å². The van der Waals surface area contributed by atoms with Crippen molar-refractivity contribution in [2.75, 3.05) is 0 Å². The number of hydrogen-bond acceptors (Lipinski definition) is 0. The van der Waals surface area contributed by atoms with Gasteiger partial charge in [-0.05, 0) is 24.7 Å². The summed E-state index contributed by atoms with van der Waals surface area (Å²) in [5.41, 5.74) is 0. The highest BCUT2D eigenvalue weighted by molar-refractivity contribution is 4.66. The molecule has 0 aromatic rings. The lowest BCUT2D eigenvalue weighted by Crippen LogP contribution is -2.11. The van der Waals surface area contributed by atoms with Gasteiger partial charge in [0.05, 0.1) is 0 Å². The molecule has 0 fully saturated rings. The lowest BCUT2D eigenvalue weighted by Gasteiger charge is -2.23. The van der Waals surface area contributed by atoms with Gasteiger partial charge in [0.2, 0.25) is 0 Å². The van der Waals surface area contributed by atoms with Crippen molar-refractivity contribution in [3.63, 3.8) is 0 Å². The lowest BCUT2D eigenvalue weighted by atomic mass is 9.83. The van der Waals surface area contributed by atoms with Crippen LogP contribution in [0.4, 0.5) is 0 Å². The van der Waals surface area contributed by atoms with Gasteiger partial charge in [-0.1, -0.05) is 99.5 Å². The van der Waals surface area contributed by atoms with Crippen LogP contribution in [0.3, 0.4) is 0 Å². The molecule has 0 aromatic heterocycles. The summed E-state index contributed by atoms with van der Waals surface area (Å²) in [5, 5.41) is 0. The van der Waals surface area contributed by atoms with Crippen LogP contribution in [-0.4, -0.2) is 0 Å². The Morgan fingerprint density at radius 1 is 0.900 bits per heavy atom. The highest BCUT2D eigenvalue weighted by Crippen LogP contribution is 2.27. The summed E-state index contributed by atoms with van der Waals surface area (Å²) >= 11 is 0. The van der Waals surface area contributed by atoms with Crippen molar-refractivity contribution in [3.8, 4) is 0 Å². The average Bonchev–Trinajstić information content (AvgIpc) is 2.48. The molecule has 0 bridgehead atoms. The molecule has 124 valence electrons. The van der Waals surface area contributed by atoms with E-state index in [2.05, 4.69) is 41.2 Å². The van der Waals surface area contributed by atoms with Crippen molar-refractivity contribution in [2.24, 2.45) is 17.8 Å². The van der Waals surface area contributed by atoms with Gasteiger partial charge >= 0.3 is 0 Å². The molecule has 20 heavy (non-hydrogen) atoms. The molecule has 0 nitrogen and oxygen atoms in total. The van der Waals surface area contributed by atoms with Gasteiger partial charge in [0.15, 0.2) is 0 Å². The Bertz CT molecular complexity index is 159. The maximum Gasteiger partial charge on any atom is -0.0389 e. The van der Waals surface area contributed by atoms with Gasteiger partial charge in [0.25, 0.3) is 0 Å². The minimum atomic E-state index is 0.932. The smallest absolute Gasteiger partial charge is 0.0389 e. The molecule has 0 N–H and O–H groups in total. The largest absolute Gasteiger partial charge is 0.103 e. The van der Waals surface area contributed by atoms with Gasteiger partial charge in [-0.25, -0.2) is 0 Å². The van der Waals surface area contributed by atoms with Crippen molar-refractivity contribution < 1.29 is 0 Å². The molecule has 0 heterocycles. The molecule has 3 atom stereocenters. The number of hydrogen-bond donors (Lipinski definition) is 0. The van der Waals surface area contributed by atoms with Gasteiger partial charge < -0.3 is 0 Å². The Kier molecular flexibility index (Phi) is 26.0. The molecule has 0 aliphatic rings. The Balaban J connectivity index is -0.000000505. The van der Waals surface area contributed by atoms with E-state index in [0.29, 0.717) is 0 Å². The van der Waals surface area contributed by atoms with Gasteiger partial charge in [0, 0.05) is 0 Å². The van der Waals surface area contributed by atoms with Crippen LogP contribution in [0.1, 0.15) is 100 Å². The molecule has 0 saturated heterocycles. The topological polar surface area (TPSA) is 0 Å². The molecular formula is C20H44. The fourth-order valence-electron chi connectivity index (χ4n) is 2.35. The summed E-state index contributed by atoms with van der Waals surface area (Å²) in [6.07, 6.45) is 11.6. The van der Waals surface area contributed by atoms with Crippen molar-refractivity contribution in [1.29, 1.82) is 0 Å². The van der Waals surface area contributed by atoms with Crippen LogP contribution in [0, 0.1) is 17.8 Å². The van der Waals surface area contributed by atoms with E-state index in [9.17, 15) is 0 Å². The average molecular weight is 285 g/mol. The molecule has 0 saturated carbocycles. The Hall–Kier alpha value is -0.260. The second-order valence-corrected chi connectivity index (χ2v) is 5.79. The fraction of sp³-hybridized carbons (Fsp3) is 0.900. The molecule has 0 spiro atoms. The third kappa shape index (κ3) is 17.7. The summed E-state index contributed by atoms with van der Waals surface area (Å²) in [6, 6.07) is 0. The highest BCUT2D eigenvalue weighted by Gasteiger charge is 2.14. The third-order valence-corrected chi connectivity index (χ3v) is 4.08. The van der Waals surface area contributed by atoms with Crippen LogP contribution >= 0.6 is 0 Å². The van der Waals surface area contributed by atoms with Crippen molar-refractivity contribution >= 4 is 0 Å². The van der Waals surface area contributed by atoms with Gasteiger partial charge in [0.1, 0.15) is 0 Å². The first-order valence-electron chi connectivity index (χ1n) is 9.14. The zero-order valence-corrected chi connectivity index (χ0v) is 16.0. The SMILES string of the molecule is C=CC.CC.CCCC(CCCC(C)CC)C(C)CC. The zero-order chi connectivity index (χ0) is 16.4. The van der Waals surface area contributed by atoms with Crippen LogP contribution in [0.5, 0.6) is 0 Å². The van der Waals surface area contributed by atoms with E-state index in [1.807, 2.05) is 20.8 Å². The second kappa shape index (κ2) is 21.0. The summed E-state index contributed by atoms with van der Waals surface area (Å²) in [7, 11) is 0. The van der Waals surface area contributed by atoms with Crippen molar-refractivity contribution in [1.82, 2.24) is 0 Å². The minimum Gasteiger partial charge on any atom is -0.103 e. The predicted octanol–water partition coefficient (Wildman–Crippen LogP) is 7.88. The molecule has 0 heteroatoms. The first kappa shape index (κ1) is 24.7. The molecule has 0 aliphatic carbocycles. The standard InChI is InChI=1S/C15H32.C3H6.C2H6/c1-6-10-15(14(5)8-3)12-9-11-13(4)7-2;1-3-2;1-2/h13-15H,6-12H2,1-5H3;3H,1H2,2H3;1-2H3. The van der Waals surface area contributed by atoms with E-state index in [1.165, 1.54) is 44.9 Å². The Labute approximate surface area is 131 Å². The minimum absolute atomic E-state index is 0.932. The maximum atomic E-state index is 3.36. The number of allylic oxidation sites excluding steroid dienone is 1. The monoisotopic (exact) mass is 284 g/mol. The van der Waals surface area contributed by atoms with E-state index in [1.54, 1.807) is 6.08 Å². The van der Waals surface area contributed by atoms with Crippen molar-refractivity contribution in [2.45, 2.75) is 100 Å². The summed E-state index contributed by atoms with van der Waals surface area (Å²) in [4.78, 5) is 0. The molecule has 0 radical (unpaired) electrons. The summed E-state index contributed by atoms with van der Waals surface area (Å²) in [5.74, 6) is 2.86. The third-order valence-electron chi connectivity index (χ3n) is 4.08. The second-order valence-electron chi connectivity index (χ2n) is 5.79. The predicted molar refractivity (Wildman–Crippen MR) is 98.4 cm³/mol. The summed E-state index contributed by atoms with van der Waals surface area (Å²) < 4.78 is 0. The zero-order valence-electron chi connectivity index (χ0n) is 16.0. The van der Waals surface area contributed by atoms with Crippen LogP contribution in [0.15, 0.2) is 12.7 Å². The lowest BCUT2D eigenvalue weighted by molar-refractivity contribution is 0.288. The van der Waals surface area contributed by atoms with E-state index >= 15 is 0 Å². The van der Waals surface area contributed by atoms with Crippen LogP contribution in [0.25, 0.3) is 0 Å². The first-order valence-corrected chi connectivity index (χ1v) is 9.14. The van der Waals surface area contributed by atoms with Gasteiger partial charge in [-0.3, -0.25) is 0 Å². The highest BCUT2D eigenvalue weighted by atomic mass is 14.2. The molecule has 0 amide bonds. The van der Waals surface area contributed by atoms with E-state index in [0.717, 1.165) is 17.8 Å². The fourth-order valence-corrected chi connectivity index (χ4v) is 2.35. The molecule has 0 aromatic carbocycles. The normalized spacial score (nSPS) is 14.0. The molecule has 0 aliphatic heterocycles. The summed E-state index contributed by atoms with van der Waals surface area (Å²) in [6.45, 7) is 21.0.